The lowest BCUT2D eigenvalue weighted by Crippen LogP contribution is -2.17. The first kappa shape index (κ1) is 14.9. The maximum Gasteiger partial charge on any atom is 0.303 e. The molecule has 0 atom stereocenters. The van der Waals surface area contributed by atoms with E-state index in [9.17, 15) is 13.6 Å². The van der Waals surface area contributed by atoms with Gasteiger partial charge in [0.15, 0.2) is 0 Å². The molecule has 0 fully saturated rings. The number of halogens is 3. The van der Waals surface area contributed by atoms with Gasteiger partial charge in [-0.15, -0.1) is 0 Å². The smallest absolute Gasteiger partial charge is 0.303 e. The molecule has 0 aromatic heterocycles. The number of hydrogen-bond donors (Lipinski definition) is 1. The van der Waals surface area contributed by atoms with Gasteiger partial charge in [-0.2, -0.15) is 0 Å². The van der Waals surface area contributed by atoms with Gasteiger partial charge in [0.1, 0.15) is 5.75 Å². The molecule has 1 aromatic carbocycles. The average Bonchev–Trinajstić information content (AvgIpc) is 2.29. The molecule has 18 heavy (non-hydrogen) atoms. The van der Waals surface area contributed by atoms with E-state index in [1.807, 2.05) is 0 Å². The largest absolute Gasteiger partial charge is 0.496 e. The van der Waals surface area contributed by atoms with Crippen molar-refractivity contribution in [2.75, 3.05) is 7.11 Å². The highest BCUT2D eigenvalue weighted by Gasteiger charge is 2.35. The molecule has 100 valence electrons. The number of benzene rings is 1. The summed E-state index contributed by atoms with van der Waals surface area (Å²) in [5.74, 6) is -4.43. The van der Waals surface area contributed by atoms with Crippen molar-refractivity contribution in [2.45, 2.75) is 25.7 Å². The second-order valence-electron chi connectivity index (χ2n) is 3.90. The fourth-order valence-corrected chi connectivity index (χ4v) is 1.85. The fraction of sp³-hybridized carbons (Fsp3) is 0.417. The topological polar surface area (TPSA) is 46.5 Å². The third-order valence-corrected chi connectivity index (χ3v) is 3.38. The number of alkyl halides is 2. The Labute approximate surface area is 112 Å². The quantitative estimate of drug-likeness (QED) is 0.898. The van der Waals surface area contributed by atoms with Gasteiger partial charge in [0, 0.05) is 10.9 Å². The second-order valence-corrected chi connectivity index (χ2v) is 4.75. The van der Waals surface area contributed by atoms with Gasteiger partial charge < -0.3 is 9.84 Å². The molecule has 0 heterocycles. The molecular formula is C12H13BrF2O3. The van der Waals surface area contributed by atoms with Crippen LogP contribution in [0.2, 0.25) is 0 Å². The molecule has 0 aliphatic rings. The summed E-state index contributed by atoms with van der Waals surface area (Å²) >= 11 is 3.18. The van der Waals surface area contributed by atoms with E-state index in [0.717, 1.165) is 5.56 Å². The molecule has 0 amide bonds. The monoisotopic (exact) mass is 322 g/mol. The van der Waals surface area contributed by atoms with Gasteiger partial charge in [-0.3, -0.25) is 4.79 Å². The standard InChI is InChI=1S/C12H13BrF2O3/c1-7-5-10(18-2)8(6-9(7)13)12(14,15)4-3-11(16)17/h5-6H,3-4H2,1-2H3,(H,16,17). The zero-order chi connectivity index (χ0) is 13.9. The van der Waals surface area contributed by atoms with Crippen LogP contribution in [0.4, 0.5) is 8.78 Å². The van der Waals surface area contributed by atoms with E-state index < -0.39 is 24.7 Å². The van der Waals surface area contributed by atoms with Crippen molar-refractivity contribution in [3.05, 3.63) is 27.7 Å². The number of carboxylic acids is 1. The Morgan fingerprint density at radius 1 is 1.50 bits per heavy atom. The van der Waals surface area contributed by atoms with Gasteiger partial charge >= 0.3 is 5.97 Å². The van der Waals surface area contributed by atoms with Crippen LogP contribution in [-0.4, -0.2) is 18.2 Å². The lowest BCUT2D eigenvalue weighted by Gasteiger charge is -2.19. The Balaban J connectivity index is 3.13. The van der Waals surface area contributed by atoms with E-state index >= 15 is 0 Å². The van der Waals surface area contributed by atoms with Crippen LogP contribution in [-0.2, 0) is 10.7 Å². The minimum Gasteiger partial charge on any atom is -0.496 e. The van der Waals surface area contributed by atoms with Gasteiger partial charge in [-0.25, -0.2) is 8.78 Å². The molecule has 0 radical (unpaired) electrons. The molecule has 0 saturated heterocycles. The Hall–Kier alpha value is -1.17. The zero-order valence-electron chi connectivity index (χ0n) is 9.97. The summed E-state index contributed by atoms with van der Waals surface area (Å²) < 4.78 is 33.3. The molecule has 1 rings (SSSR count). The summed E-state index contributed by atoms with van der Waals surface area (Å²) in [4.78, 5) is 10.4. The van der Waals surface area contributed by atoms with Crippen LogP contribution in [0.5, 0.6) is 5.75 Å². The molecule has 0 unspecified atom stereocenters. The first-order valence-corrected chi connectivity index (χ1v) is 6.01. The zero-order valence-corrected chi connectivity index (χ0v) is 11.6. The molecule has 0 saturated carbocycles. The number of ether oxygens (including phenoxy) is 1. The number of carboxylic acid groups (broad SMARTS) is 1. The Morgan fingerprint density at radius 3 is 2.61 bits per heavy atom. The predicted octanol–water partition coefficient (Wildman–Crippen LogP) is 3.72. The van der Waals surface area contributed by atoms with E-state index in [1.54, 1.807) is 6.92 Å². The van der Waals surface area contributed by atoms with Crippen molar-refractivity contribution in [2.24, 2.45) is 0 Å². The van der Waals surface area contributed by atoms with Crippen molar-refractivity contribution in [1.29, 1.82) is 0 Å². The Morgan fingerprint density at radius 2 is 2.11 bits per heavy atom. The summed E-state index contributed by atoms with van der Waals surface area (Å²) in [6.45, 7) is 1.76. The van der Waals surface area contributed by atoms with E-state index in [-0.39, 0.29) is 11.3 Å². The van der Waals surface area contributed by atoms with Crippen LogP contribution < -0.4 is 4.74 Å². The average molecular weight is 323 g/mol. The van der Waals surface area contributed by atoms with Crippen molar-refractivity contribution in [3.8, 4) is 5.75 Å². The number of rotatable bonds is 5. The number of aryl methyl sites for hydroxylation is 1. The van der Waals surface area contributed by atoms with E-state index in [4.69, 9.17) is 9.84 Å². The normalized spacial score (nSPS) is 11.4. The minimum absolute atomic E-state index is 0.0612. The highest BCUT2D eigenvalue weighted by atomic mass is 79.9. The van der Waals surface area contributed by atoms with Crippen molar-refractivity contribution in [3.63, 3.8) is 0 Å². The molecule has 0 aliphatic carbocycles. The summed E-state index contributed by atoms with van der Waals surface area (Å²) in [6.07, 6.45) is -1.35. The van der Waals surface area contributed by atoms with Crippen LogP contribution in [0.1, 0.15) is 24.0 Å². The summed E-state index contributed by atoms with van der Waals surface area (Å²) in [5, 5.41) is 8.48. The SMILES string of the molecule is COc1cc(C)c(Br)cc1C(F)(F)CCC(=O)O. The number of aliphatic carboxylic acids is 1. The second kappa shape index (κ2) is 5.65. The van der Waals surface area contributed by atoms with Crippen molar-refractivity contribution >= 4 is 21.9 Å². The highest BCUT2D eigenvalue weighted by molar-refractivity contribution is 9.10. The first-order chi connectivity index (χ1) is 8.27. The third-order valence-electron chi connectivity index (χ3n) is 2.53. The maximum atomic E-state index is 13.9. The molecule has 0 aliphatic heterocycles. The van der Waals surface area contributed by atoms with Gasteiger partial charge in [0.2, 0.25) is 0 Å². The molecule has 1 aromatic rings. The van der Waals surface area contributed by atoms with Gasteiger partial charge in [0.05, 0.1) is 19.1 Å². The molecule has 3 nitrogen and oxygen atoms in total. The fourth-order valence-electron chi connectivity index (χ4n) is 1.51. The van der Waals surface area contributed by atoms with E-state index in [0.29, 0.717) is 4.47 Å². The summed E-state index contributed by atoms with van der Waals surface area (Å²) in [6, 6.07) is 2.77. The maximum absolute atomic E-state index is 13.9. The number of carbonyl (C=O) groups is 1. The van der Waals surface area contributed by atoms with Crippen LogP contribution in [0.3, 0.4) is 0 Å². The molecule has 6 heteroatoms. The summed E-state index contributed by atoms with van der Waals surface area (Å²) in [5.41, 5.74) is 0.466. The predicted molar refractivity (Wildman–Crippen MR) is 66.2 cm³/mol. The molecular weight excluding hydrogens is 310 g/mol. The van der Waals surface area contributed by atoms with Crippen LogP contribution in [0, 0.1) is 6.92 Å². The molecule has 0 bridgehead atoms. The third kappa shape index (κ3) is 3.41. The number of methoxy groups -OCH3 is 1. The Bertz CT molecular complexity index is 461. The minimum atomic E-state index is -3.24. The van der Waals surface area contributed by atoms with Gasteiger partial charge in [-0.05, 0) is 24.6 Å². The molecule has 0 spiro atoms. The summed E-state index contributed by atoms with van der Waals surface area (Å²) in [7, 11) is 1.31. The lowest BCUT2D eigenvalue weighted by molar-refractivity contribution is -0.139. The number of hydrogen-bond acceptors (Lipinski definition) is 2. The molecule has 1 N–H and O–H groups in total. The van der Waals surface area contributed by atoms with Gasteiger partial charge in [-0.1, -0.05) is 15.9 Å². The highest BCUT2D eigenvalue weighted by Crippen LogP contribution is 2.40. The Kier molecular flexibility index (Phi) is 4.67. The van der Waals surface area contributed by atoms with E-state index in [1.165, 1.54) is 19.2 Å². The lowest BCUT2D eigenvalue weighted by atomic mass is 10.0. The van der Waals surface area contributed by atoms with Crippen molar-refractivity contribution in [1.82, 2.24) is 0 Å². The van der Waals surface area contributed by atoms with Gasteiger partial charge in [0.25, 0.3) is 5.92 Å². The van der Waals surface area contributed by atoms with Crippen LogP contribution in [0.25, 0.3) is 0 Å². The van der Waals surface area contributed by atoms with Crippen LogP contribution in [0.15, 0.2) is 16.6 Å². The van der Waals surface area contributed by atoms with E-state index in [2.05, 4.69) is 15.9 Å². The van der Waals surface area contributed by atoms with Crippen molar-refractivity contribution < 1.29 is 23.4 Å². The van der Waals surface area contributed by atoms with Crippen LogP contribution >= 0.6 is 15.9 Å². The first-order valence-electron chi connectivity index (χ1n) is 5.22.